The number of hydrogen-bond acceptors (Lipinski definition) is 6. The molecule has 1 aromatic carbocycles. The molecular weight excluding hydrogens is 282 g/mol. The lowest BCUT2D eigenvalue weighted by molar-refractivity contribution is 0.271. The lowest BCUT2D eigenvalue weighted by atomic mass is 10.2. The molecule has 116 valence electrons. The number of hydrazone groups is 1. The van der Waals surface area contributed by atoms with Gasteiger partial charge in [-0.15, -0.1) is 10.2 Å². The van der Waals surface area contributed by atoms with E-state index in [4.69, 9.17) is 4.74 Å². The molecule has 1 aromatic heterocycles. The zero-order valence-corrected chi connectivity index (χ0v) is 12.8. The third kappa shape index (κ3) is 4.69. The van der Waals surface area contributed by atoms with E-state index in [0.717, 1.165) is 11.3 Å². The maximum absolute atomic E-state index is 11.4. The van der Waals surface area contributed by atoms with E-state index in [9.17, 15) is 4.79 Å². The van der Waals surface area contributed by atoms with Gasteiger partial charge in [-0.3, -0.25) is 9.78 Å². The molecular formula is C15H19N5O2. The lowest BCUT2D eigenvalue weighted by Crippen LogP contribution is -2.15. The van der Waals surface area contributed by atoms with E-state index in [1.165, 1.54) is 0 Å². The van der Waals surface area contributed by atoms with Crippen LogP contribution in [-0.2, 0) is 0 Å². The van der Waals surface area contributed by atoms with Gasteiger partial charge in [0.05, 0.1) is 12.8 Å². The van der Waals surface area contributed by atoms with Gasteiger partial charge in [0.25, 0.3) is 5.56 Å². The smallest absolute Gasteiger partial charge is 0.274 e. The minimum atomic E-state index is -0.292. The number of aromatic nitrogens is 3. The Kier molecular flexibility index (Phi) is 5.24. The molecule has 0 radical (unpaired) electrons. The van der Waals surface area contributed by atoms with Crippen LogP contribution in [0, 0.1) is 12.8 Å². The van der Waals surface area contributed by atoms with Gasteiger partial charge in [0, 0.05) is 0 Å². The van der Waals surface area contributed by atoms with Crippen LogP contribution in [0.1, 0.15) is 25.1 Å². The molecule has 0 amide bonds. The maximum Gasteiger partial charge on any atom is 0.274 e. The largest absolute Gasteiger partial charge is 0.493 e. The van der Waals surface area contributed by atoms with Gasteiger partial charge in [-0.2, -0.15) is 5.10 Å². The Morgan fingerprint density at radius 2 is 2.05 bits per heavy atom. The van der Waals surface area contributed by atoms with Crippen molar-refractivity contribution in [2.45, 2.75) is 20.8 Å². The van der Waals surface area contributed by atoms with Crippen molar-refractivity contribution in [2.24, 2.45) is 11.0 Å². The second-order valence-electron chi connectivity index (χ2n) is 5.23. The highest BCUT2D eigenvalue weighted by Crippen LogP contribution is 2.12. The number of H-pyrrole nitrogens is 1. The van der Waals surface area contributed by atoms with E-state index in [0.29, 0.717) is 18.2 Å². The summed E-state index contributed by atoms with van der Waals surface area (Å²) in [7, 11) is 0. The number of hydrogen-bond donors (Lipinski definition) is 2. The van der Waals surface area contributed by atoms with Gasteiger partial charge in [0.15, 0.2) is 0 Å². The SMILES string of the molecule is Cc1nnc(N/N=C/c2ccc(OCC(C)C)cc2)[nH]c1=O. The highest BCUT2D eigenvalue weighted by Gasteiger charge is 1.98. The molecule has 0 aliphatic carbocycles. The summed E-state index contributed by atoms with van der Waals surface area (Å²) in [6, 6.07) is 7.56. The van der Waals surface area contributed by atoms with Crippen molar-refractivity contribution in [1.29, 1.82) is 0 Å². The molecule has 2 rings (SSSR count). The van der Waals surface area contributed by atoms with Crippen molar-refractivity contribution in [3.05, 3.63) is 45.9 Å². The number of nitrogens with zero attached hydrogens (tertiary/aromatic N) is 3. The molecule has 7 heteroatoms. The summed E-state index contributed by atoms with van der Waals surface area (Å²) in [5.74, 6) is 1.51. The second kappa shape index (κ2) is 7.35. The minimum Gasteiger partial charge on any atom is -0.493 e. The van der Waals surface area contributed by atoms with E-state index in [1.807, 2.05) is 24.3 Å². The van der Waals surface area contributed by atoms with Crippen LogP contribution in [0.15, 0.2) is 34.2 Å². The van der Waals surface area contributed by atoms with E-state index >= 15 is 0 Å². The fraction of sp³-hybridized carbons (Fsp3) is 0.333. The fourth-order valence-electron chi connectivity index (χ4n) is 1.52. The molecule has 0 aliphatic rings. The van der Waals surface area contributed by atoms with E-state index in [-0.39, 0.29) is 11.5 Å². The van der Waals surface area contributed by atoms with Crippen LogP contribution in [0.2, 0.25) is 0 Å². The number of aryl methyl sites for hydroxylation is 1. The molecule has 2 N–H and O–H groups in total. The molecule has 22 heavy (non-hydrogen) atoms. The molecule has 0 saturated carbocycles. The number of ether oxygens (including phenoxy) is 1. The van der Waals surface area contributed by atoms with Crippen molar-refractivity contribution in [2.75, 3.05) is 12.0 Å². The molecule has 0 saturated heterocycles. The zero-order valence-electron chi connectivity index (χ0n) is 12.8. The normalized spacial score (nSPS) is 11.1. The predicted octanol–water partition coefficient (Wildman–Crippen LogP) is 1.95. The summed E-state index contributed by atoms with van der Waals surface area (Å²) in [5.41, 5.74) is 3.54. The standard InChI is InChI=1S/C15H19N5O2/c1-10(2)9-22-13-6-4-12(5-7-13)8-16-19-15-17-14(21)11(3)18-20-15/h4-8,10H,9H2,1-3H3,(H2,17,19,20,21)/b16-8+. The van der Waals surface area contributed by atoms with Gasteiger partial charge in [0.2, 0.25) is 5.95 Å². The molecule has 0 aliphatic heterocycles. The van der Waals surface area contributed by atoms with Crippen LogP contribution in [0.25, 0.3) is 0 Å². The van der Waals surface area contributed by atoms with Crippen molar-refractivity contribution >= 4 is 12.2 Å². The number of benzene rings is 1. The van der Waals surface area contributed by atoms with Crippen LogP contribution in [-0.4, -0.2) is 28.0 Å². The first-order chi connectivity index (χ1) is 10.5. The molecule has 0 fully saturated rings. The first-order valence-electron chi connectivity index (χ1n) is 7.00. The van der Waals surface area contributed by atoms with Crippen molar-refractivity contribution < 1.29 is 4.74 Å². The van der Waals surface area contributed by atoms with Crippen molar-refractivity contribution in [1.82, 2.24) is 15.2 Å². The Balaban J connectivity index is 1.92. The van der Waals surface area contributed by atoms with Crippen LogP contribution in [0.5, 0.6) is 5.75 Å². The predicted molar refractivity (Wildman–Crippen MR) is 85.4 cm³/mol. The van der Waals surface area contributed by atoms with Crippen LogP contribution < -0.4 is 15.7 Å². The summed E-state index contributed by atoms with van der Waals surface area (Å²) in [6.07, 6.45) is 1.62. The van der Waals surface area contributed by atoms with E-state index in [2.05, 4.69) is 39.6 Å². The number of anilines is 1. The molecule has 0 spiro atoms. The lowest BCUT2D eigenvalue weighted by Gasteiger charge is -2.08. The van der Waals surface area contributed by atoms with Crippen LogP contribution >= 0.6 is 0 Å². The van der Waals surface area contributed by atoms with Crippen LogP contribution in [0.3, 0.4) is 0 Å². The summed E-state index contributed by atoms with van der Waals surface area (Å²) in [6.45, 7) is 6.48. The van der Waals surface area contributed by atoms with Crippen LogP contribution in [0.4, 0.5) is 5.95 Å². The maximum atomic E-state index is 11.4. The Bertz CT molecular complexity index is 692. The summed E-state index contributed by atoms with van der Waals surface area (Å²) in [4.78, 5) is 13.9. The molecule has 0 bridgehead atoms. The number of aromatic amines is 1. The Morgan fingerprint density at radius 1 is 1.32 bits per heavy atom. The second-order valence-corrected chi connectivity index (χ2v) is 5.23. The first-order valence-corrected chi connectivity index (χ1v) is 7.00. The third-order valence-corrected chi connectivity index (χ3v) is 2.71. The monoisotopic (exact) mass is 301 g/mol. The molecule has 2 aromatic rings. The Hall–Kier alpha value is -2.70. The number of rotatable bonds is 6. The topological polar surface area (TPSA) is 92.3 Å². The fourth-order valence-corrected chi connectivity index (χ4v) is 1.52. The summed E-state index contributed by atoms with van der Waals surface area (Å²) in [5, 5.41) is 11.5. The Morgan fingerprint density at radius 3 is 2.68 bits per heavy atom. The molecule has 0 unspecified atom stereocenters. The Labute approximate surface area is 128 Å². The first kappa shape index (κ1) is 15.7. The third-order valence-electron chi connectivity index (χ3n) is 2.71. The molecule has 1 heterocycles. The van der Waals surface area contributed by atoms with Gasteiger partial charge >= 0.3 is 0 Å². The quantitative estimate of drug-likeness (QED) is 0.628. The van der Waals surface area contributed by atoms with Gasteiger partial charge in [-0.05, 0) is 42.7 Å². The average Bonchev–Trinajstić information content (AvgIpc) is 2.50. The van der Waals surface area contributed by atoms with Crippen molar-refractivity contribution in [3.63, 3.8) is 0 Å². The van der Waals surface area contributed by atoms with Crippen molar-refractivity contribution in [3.8, 4) is 5.75 Å². The van der Waals surface area contributed by atoms with Gasteiger partial charge in [0.1, 0.15) is 11.4 Å². The van der Waals surface area contributed by atoms with E-state index < -0.39 is 0 Å². The minimum absolute atomic E-state index is 0.198. The summed E-state index contributed by atoms with van der Waals surface area (Å²) >= 11 is 0. The number of nitrogens with one attached hydrogen (secondary N) is 2. The highest BCUT2D eigenvalue weighted by molar-refractivity contribution is 5.80. The van der Waals surface area contributed by atoms with Gasteiger partial charge in [-0.1, -0.05) is 13.8 Å². The highest BCUT2D eigenvalue weighted by atomic mass is 16.5. The summed E-state index contributed by atoms with van der Waals surface area (Å²) < 4.78 is 5.60. The average molecular weight is 301 g/mol. The molecule has 0 atom stereocenters. The van der Waals surface area contributed by atoms with Gasteiger partial charge in [-0.25, -0.2) is 5.43 Å². The zero-order chi connectivity index (χ0) is 15.9. The van der Waals surface area contributed by atoms with E-state index in [1.54, 1.807) is 13.1 Å². The molecule has 7 nitrogen and oxygen atoms in total. The van der Waals surface area contributed by atoms with Gasteiger partial charge < -0.3 is 4.74 Å².